The molecule has 1 atom stereocenters. The van der Waals surface area contributed by atoms with E-state index in [4.69, 9.17) is 18.0 Å². The van der Waals surface area contributed by atoms with Crippen LogP contribution in [0, 0.1) is 0 Å². The minimum Gasteiger partial charge on any atom is -0.373 e. The molecule has 0 aromatic rings. The first-order chi connectivity index (χ1) is 10.8. The van der Waals surface area contributed by atoms with Gasteiger partial charge in [-0.15, -0.1) is 0 Å². The van der Waals surface area contributed by atoms with Gasteiger partial charge in [-0.05, 0) is 32.1 Å². The van der Waals surface area contributed by atoms with Gasteiger partial charge >= 0.3 is 8.80 Å². The highest BCUT2D eigenvalue weighted by molar-refractivity contribution is 6.60. The van der Waals surface area contributed by atoms with E-state index in [-0.39, 0.29) is 0 Å². The molecule has 4 nitrogen and oxygen atoms in total. The first kappa shape index (κ1) is 20.1. The molecular formula is C17H36O4Si. The maximum atomic E-state index is 6.11. The molecule has 1 aliphatic heterocycles. The second-order valence-corrected chi connectivity index (χ2v) is 8.87. The Morgan fingerprint density at radius 3 is 1.77 bits per heavy atom. The molecule has 1 fully saturated rings. The van der Waals surface area contributed by atoms with Gasteiger partial charge in [0.15, 0.2) is 0 Å². The largest absolute Gasteiger partial charge is 0.500 e. The molecular weight excluding hydrogens is 296 g/mol. The van der Waals surface area contributed by atoms with Crippen LogP contribution in [0.25, 0.3) is 0 Å². The third-order valence-electron chi connectivity index (χ3n) is 3.74. The molecule has 5 heteroatoms. The molecule has 0 aromatic carbocycles. The minimum absolute atomic E-state index is 0.571. The van der Waals surface area contributed by atoms with Crippen molar-refractivity contribution in [2.75, 3.05) is 26.4 Å². The van der Waals surface area contributed by atoms with Gasteiger partial charge in [0.25, 0.3) is 0 Å². The zero-order valence-electron chi connectivity index (χ0n) is 14.9. The Kier molecular flexibility index (Phi) is 11.4. The summed E-state index contributed by atoms with van der Waals surface area (Å²) in [6.07, 6.45) is 9.79. The van der Waals surface area contributed by atoms with Crippen molar-refractivity contribution >= 4 is 8.80 Å². The average Bonchev–Trinajstić information content (AvgIpc) is 3.36. The third-order valence-corrected chi connectivity index (χ3v) is 6.64. The maximum Gasteiger partial charge on any atom is 0.500 e. The number of unbranched alkanes of at least 4 members (excludes halogenated alkanes) is 3. The van der Waals surface area contributed by atoms with Crippen LogP contribution in [0.3, 0.4) is 0 Å². The smallest absolute Gasteiger partial charge is 0.373 e. The summed E-state index contributed by atoms with van der Waals surface area (Å²) in [5.74, 6) is 0. The summed E-state index contributed by atoms with van der Waals surface area (Å²) in [7, 11) is -2.45. The van der Waals surface area contributed by atoms with Crippen molar-refractivity contribution in [2.24, 2.45) is 0 Å². The second kappa shape index (κ2) is 12.5. The summed E-state index contributed by atoms with van der Waals surface area (Å²) in [5.41, 5.74) is 0. The Morgan fingerprint density at radius 2 is 1.32 bits per heavy atom. The van der Waals surface area contributed by atoms with E-state index in [0.29, 0.717) is 6.10 Å². The SMILES string of the molecule is CCCO[Si](CCCCCCC1CO1)(OCCC)OCCC. The maximum absolute atomic E-state index is 6.11. The van der Waals surface area contributed by atoms with E-state index >= 15 is 0 Å². The summed E-state index contributed by atoms with van der Waals surface area (Å²) in [6, 6.07) is 0.965. The van der Waals surface area contributed by atoms with Gasteiger partial charge in [0.1, 0.15) is 0 Å². The van der Waals surface area contributed by atoms with Crippen molar-refractivity contribution in [2.45, 2.75) is 84.3 Å². The van der Waals surface area contributed by atoms with E-state index in [0.717, 1.165) is 58.2 Å². The summed E-state index contributed by atoms with van der Waals surface area (Å²) in [5, 5.41) is 0. The summed E-state index contributed by atoms with van der Waals surface area (Å²) >= 11 is 0. The van der Waals surface area contributed by atoms with Gasteiger partial charge in [0.05, 0.1) is 12.7 Å². The van der Waals surface area contributed by atoms with Crippen molar-refractivity contribution in [3.63, 3.8) is 0 Å². The molecule has 1 unspecified atom stereocenters. The Morgan fingerprint density at radius 1 is 0.818 bits per heavy atom. The lowest BCUT2D eigenvalue weighted by molar-refractivity contribution is 0.0586. The van der Waals surface area contributed by atoms with Gasteiger partial charge in [-0.25, -0.2) is 0 Å². The van der Waals surface area contributed by atoms with Crippen LogP contribution in [0.15, 0.2) is 0 Å². The standard InChI is InChI=1S/C17H36O4Si/c1-4-12-19-22(20-13-5-2,21-14-6-3)15-10-8-7-9-11-17-16-18-17/h17H,4-16H2,1-3H3. The van der Waals surface area contributed by atoms with Crippen LogP contribution in [0.4, 0.5) is 0 Å². The van der Waals surface area contributed by atoms with E-state index in [1.807, 2.05) is 0 Å². The molecule has 1 aliphatic rings. The first-order valence-corrected chi connectivity index (χ1v) is 11.2. The molecule has 0 amide bonds. The van der Waals surface area contributed by atoms with Gasteiger partial charge < -0.3 is 18.0 Å². The quantitative estimate of drug-likeness (QED) is 0.236. The second-order valence-electron chi connectivity index (χ2n) is 6.14. The van der Waals surface area contributed by atoms with E-state index in [1.54, 1.807) is 0 Å². The average molecular weight is 333 g/mol. The summed E-state index contributed by atoms with van der Waals surface area (Å²) in [6.45, 7) is 9.64. The zero-order chi connectivity index (χ0) is 16.1. The Labute approximate surface area is 138 Å². The monoisotopic (exact) mass is 332 g/mol. The lowest BCUT2D eigenvalue weighted by atomic mass is 10.1. The van der Waals surface area contributed by atoms with Gasteiger partial charge in [-0.1, -0.05) is 40.0 Å². The van der Waals surface area contributed by atoms with Crippen LogP contribution in [-0.4, -0.2) is 41.3 Å². The Balaban J connectivity index is 2.30. The number of epoxide rings is 1. The lowest BCUT2D eigenvalue weighted by Crippen LogP contribution is -2.46. The van der Waals surface area contributed by atoms with Crippen molar-refractivity contribution in [1.82, 2.24) is 0 Å². The molecule has 0 spiro atoms. The van der Waals surface area contributed by atoms with Crippen LogP contribution in [0.1, 0.15) is 72.1 Å². The summed E-state index contributed by atoms with van der Waals surface area (Å²) in [4.78, 5) is 0. The predicted molar refractivity (Wildman–Crippen MR) is 92.1 cm³/mol. The molecule has 1 rings (SSSR count). The van der Waals surface area contributed by atoms with E-state index in [2.05, 4.69) is 20.8 Å². The molecule has 0 aliphatic carbocycles. The Hall–Kier alpha value is 0.0569. The van der Waals surface area contributed by atoms with Crippen LogP contribution in [0.5, 0.6) is 0 Å². The molecule has 1 heterocycles. The molecule has 132 valence electrons. The van der Waals surface area contributed by atoms with Gasteiger partial charge in [-0.3, -0.25) is 0 Å². The predicted octanol–water partition coefficient (Wildman–Crippen LogP) is 4.55. The highest BCUT2D eigenvalue weighted by Crippen LogP contribution is 2.23. The van der Waals surface area contributed by atoms with Crippen molar-refractivity contribution < 1.29 is 18.0 Å². The van der Waals surface area contributed by atoms with Crippen molar-refractivity contribution in [1.29, 1.82) is 0 Å². The van der Waals surface area contributed by atoms with Gasteiger partial charge in [0.2, 0.25) is 0 Å². The van der Waals surface area contributed by atoms with E-state index in [1.165, 1.54) is 25.7 Å². The third kappa shape index (κ3) is 9.25. The molecule has 0 radical (unpaired) electrons. The van der Waals surface area contributed by atoms with Crippen LogP contribution in [-0.2, 0) is 18.0 Å². The molecule has 1 saturated heterocycles. The fourth-order valence-corrected chi connectivity index (χ4v) is 5.33. The van der Waals surface area contributed by atoms with Crippen molar-refractivity contribution in [3.8, 4) is 0 Å². The molecule has 0 saturated carbocycles. The molecule has 22 heavy (non-hydrogen) atoms. The van der Waals surface area contributed by atoms with Crippen LogP contribution < -0.4 is 0 Å². The van der Waals surface area contributed by atoms with E-state index < -0.39 is 8.80 Å². The number of hydrogen-bond donors (Lipinski definition) is 0. The van der Waals surface area contributed by atoms with Crippen LogP contribution in [0.2, 0.25) is 6.04 Å². The normalized spacial score (nSPS) is 17.9. The highest BCUT2D eigenvalue weighted by atomic mass is 28.4. The molecule has 0 bridgehead atoms. The fourth-order valence-electron chi connectivity index (χ4n) is 2.42. The summed E-state index contributed by atoms with van der Waals surface area (Å²) < 4.78 is 23.6. The minimum atomic E-state index is -2.45. The number of hydrogen-bond acceptors (Lipinski definition) is 4. The Bertz CT molecular complexity index is 237. The number of rotatable bonds is 16. The fraction of sp³-hybridized carbons (Fsp3) is 1.00. The number of ether oxygens (including phenoxy) is 1. The van der Waals surface area contributed by atoms with E-state index in [9.17, 15) is 0 Å². The van der Waals surface area contributed by atoms with Crippen molar-refractivity contribution in [3.05, 3.63) is 0 Å². The zero-order valence-corrected chi connectivity index (χ0v) is 15.9. The molecule has 0 N–H and O–H groups in total. The molecule has 0 aromatic heterocycles. The topological polar surface area (TPSA) is 40.2 Å². The van der Waals surface area contributed by atoms with Gasteiger partial charge in [0, 0.05) is 25.9 Å². The highest BCUT2D eigenvalue weighted by Gasteiger charge is 2.40. The lowest BCUT2D eigenvalue weighted by Gasteiger charge is -2.29. The van der Waals surface area contributed by atoms with Crippen LogP contribution >= 0.6 is 0 Å². The first-order valence-electron chi connectivity index (χ1n) is 9.29. The van der Waals surface area contributed by atoms with Gasteiger partial charge in [-0.2, -0.15) is 0 Å².